The van der Waals surface area contributed by atoms with Gasteiger partial charge in [-0.1, -0.05) is 18.2 Å². The van der Waals surface area contributed by atoms with Crippen LogP contribution in [0, 0.1) is 0 Å². The van der Waals surface area contributed by atoms with Crippen molar-refractivity contribution in [2.45, 2.75) is 25.3 Å². The van der Waals surface area contributed by atoms with E-state index in [1.807, 2.05) is 24.3 Å². The average Bonchev–Trinajstić information content (AvgIpc) is 3.09. The molecule has 1 aromatic heterocycles. The lowest BCUT2D eigenvalue weighted by Crippen LogP contribution is -2.51. The lowest BCUT2D eigenvalue weighted by Gasteiger charge is -2.29. The van der Waals surface area contributed by atoms with E-state index in [-0.39, 0.29) is 5.91 Å². The number of ether oxygens (including phenoxy) is 1. The molecular formula is C18H21N3O2. The third-order valence-electron chi connectivity index (χ3n) is 4.86. The highest BCUT2D eigenvalue weighted by atomic mass is 16.5. The Bertz CT molecular complexity index is 739. The minimum Gasteiger partial charge on any atom is -0.353 e. The standard InChI is InChI=1S/C18H21N3O2/c1-20-9-4-6-15(20)11-21-10-8-18(13-21)19-17(22)16-7-3-2-5-14(16)12-23-18/h2-7,9H,8,10-13H2,1H3,(H,19,22). The van der Waals surface area contributed by atoms with E-state index >= 15 is 0 Å². The fourth-order valence-electron chi connectivity index (χ4n) is 3.50. The fraction of sp³-hybridized carbons (Fsp3) is 0.389. The maximum absolute atomic E-state index is 12.5. The molecule has 3 heterocycles. The van der Waals surface area contributed by atoms with Crippen molar-refractivity contribution in [1.29, 1.82) is 0 Å². The molecule has 1 saturated heterocycles. The Hall–Kier alpha value is -2.11. The van der Waals surface area contributed by atoms with Gasteiger partial charge in [0.2, 0.25) is 0 Å². The molecule has 5 heteroatoms. The molecule has 0 aliphatic carbocycles. The number of carbonyl (C=O) groups excluding carboxylic acids is 1. The summed E-state index contributed by atoms with van der Waals surface area (Å²) in [5.74, 6) is -0.0289. The number of nitrogens with one attached hydrogen (secondary N) is 1. The van der Waals surface area contributed by atoms with E-state index in [1.165, 1.54) is 5.69 Å². The topological polar surface area (TPSA) is 46.5 Å². The van der Waals surface area contributed by atoms with Crippen LogP contribution >= 0.6 is 0 Å². The number of carbonyl (C=O) groups is 1. The van der Waals surface area contributed by atoms with Crippen LogP contribution in [0.3, 0.4) is 0 Å². The highest BCUT2D eigenvalue weighted by molar-refractivity contribution is 5.96. The lowest BCUT2D eigenvalue weighted by atomic mass is 10.1. The maximum Gasteiger partial charge on any atom is 0.253 e. The van der Waals surface area contributed by atoms with E-state index in [0.29, 0.717) is 6.61 Å². The number of amides is 1. The van der Waals surface area contributed by atoms with Gasteiger partial charge in [-0.2, -0.15) is 0 Å². The summed E-state index contributed by atoms with van der Waals surface area (Å²) < 4.78 is 8.28. The van der Waals surface area contributed by atoms with Crippen molar-refractivity contribution in [3.63, 3.8) is 0 Å². The zero-order valence-corrected chi connectivity index (χ0v) is 13.3. The molecule has 0 saturated carbocycles. The maximum atomic E-state index is 12.5. The summed E-state index contributed by atoms with van der Waals surface area (Å²) in [4.78, 5) is 14.9. The predicted octanol–water partition coefficient (Wildman–Crippen LogP) is 1.89. The Morgan fingerprint density at radius 2 is 2.13 bits per heavy atom. The molecule has 1 spiro atoms. The van der Waals surface area contributed by atoms with Crippen molar-refractivity contribution in [2.75, 3.05) is 13.1 Å². The van der Waals surface area contributed by atoms with Gasteiger partial charge < -0.3 is 14.6 Å². The minimum absolute atomic E-state index is 0.0289. The van der Waals surface area contributed by atoms with E-state index in [2.05, 4.69) is 40.2 Å². The van der Waals surface area contributed by atoms with Crippen molar-refractivity contribution in [2.24, 2.45) is 7.05 Å². The number of aromatic nitrogens is 1. The second-order valence-electron chi connectivity index (χ2n) is 6.47. The second kappa shape index (κ2) is 5.51. The monoisotopic (exact) mass is 311 g/mol. The molecule has 0 bridgehead atoms. The highest BCUT2D eigenvalue weighted by Gasteiger charge is 2.42. The first-order valence-corrected chi connectivity index (χ1v) is 8.02. The number of aryl methyl sites for hydroxylation is 1. The Morgan fingerprint density at radius 3 is 2.96 bits per heavy atom. The highest BCUT2D eigenvalue weighted by Crippen LogP contribution is 2.29. The molecule has 5 nitrogen and oxygen atoms in total. The van der Waals surface area contributed by atoms with Crippen LogP contribution in [0.1, 0.15) is 28.0 Å². The van der Waals surface area contributed by atoms with Gasteiger partial charge in [0.15, 0.2) is 5.72 Å². The number of benzene rings is 1. The molecule has 1 aromatic carbocycles. The van der Waals surface area contributed by atoms with Gasteiger partial charge in [-0.3, -0.25) is 9.69 Å². The Kier molecular flexibility index (Phi) is 3.47. The first-order valence-electron chi connectivity index (χ1n) is 8.02. The predicted molar refractivity (Wildman–Crippen MR) is 86.7 cm³/mol. The summed E-state index contributed by atoms with van der Waals surface area (Å²) in [5.41, 5.74) is 2.39. The average molecular weight is 311 g/mol. The molecule has 2 aliphatic heterocycles. The van der Waals surface area contributed by atoms with Crippen molar-refractivity contribution in [1.82, 2.24) is 14.8 Å². The zero-order valence-electron chi connectivity index (χ0n) is 13.3. The van der Waals surface area contributed by atoms with Crippen molar-refractivity contribution >= 4 is 5.91 Å². The van der Waals surface area contributed by atoms with Crippen LogP contribution < -0.4 is 5.32 Å². The van der Waals surface area contributed by atoms with Gasteiger partial charge in [-0.25, -0.2) is 0 Å². The minimum atomic E-state index is -0.568. The molecule has 0 radical (unpaired) electrons. The molecule has 23 heavy (non-hydrogen) atoms. The number of likely N-dealkylation sites (tertiary alicyclic amines) is 1. The Labute approximate surface area is 135 Å². The number of hydrogen-bond donors (Lipinski definition) is 1. The zero-order chi connectivity index (χ0) is 15.9. The van der Waals surface area contributed by atoms with Crippen molar-refractivity contribution in [3.05, 3.63) is 59.4 Å². The first-order chi connectivity index (χ1) is 11.2. The van der Waals surface area contributed by atoms with E-state index in [1.54, 1.807) is 0 Å². The molecule has 4 rings (SSSR count). The van der Waals surface area contributed by atoms with Gasteiger partial charge in [0, 0.05) is 50.6 Å². The number of rotatable bonds is 2. The molecule has 120 valence electrons. The molecule has 1 amide bonds. The third-order valence-corrected chi connectivity index (χ3v) is 4.86. The molecule has 1 unspecified atom stereocenters. The fourth-order valence-corrected chi connectivity index (χ4v) is 3.50. The summed E-state index contributed by atoms with van der Waals surface area (Å²) in [5, 5.41) is 3.13. The third kappa shape index (κ3) is 2.66. The van der Waals surface area contributed by atoms with E-state index in [9.17, 15) is 4.79 Å². The van der Waals surface area contributed by atoms with Crippen LogP contribution in [0.25, 0.3) is 0 Å². The molecule has 1 N–H and O–H groups in total. The Balaban J connectivity index is 1.50. The van der Waals surface area contributed by atoms with Gasteiger partial charge in [-0.05, 0) is 23.8 Å². The van der Waals surface area contributed by atoms with Crippen LogP contribution in [-0.4, -0.2) is 34.2 Å². The number of fused-ring (bicyclic) bond motifs is 1. The van der Waals surface area contributed by atoms with Crippen LogP contribution in [0.15, 0.2) is 42.6 Å². The van der Waals surface area contributed by atoms with Gasteiger partial charge >= 0.3 is 0 Å². The summed E-state index contributed by atoms with van der Waals surface area (Å²) in [6.45, 7) is 2.99. The number of hydrogen-bond acceptors (Lipinski definition) is 3. The van der Waals surface area contributed by atoms with Crippen LogP contribution in [0.2, 0.25) is 0 Å². The molecule has 2 aromatic rings. The van der Waals surface area contributed by atoms with E-state index in [4.69, 9.17) is 4.74 Å². The normalized spacial score (nSPS) is 24.5. The van der Waals surface area contributed by atoms with E-state index in [0.717, 1.165) is 37.2 Å². The van der Waals surface area contributed by atoms with Crippen LogP contribution in [0.4, 0.5) is 0 Å². The van der Waals surface area contributed by atoms with Crippen molar-refractivity contribution in [3.8, 4) is 0 Å². The first kappa shape index (κ1) is 14.5. The summed E-state index contributed by atoms with van der Waals surface area (Å²) >= 11 is 0. The molecular weight excluding hydrogens is 290 g/mol. The van der Waals surface area contributed by atoms with E-state index < -0.39 is 5.72 Å². The van der Waals surface area contributed by atoms with Crippen LogP contribution in [0.5, 0.6) is 0 Å². The molecule has 2 aliphatic rings. The molecule has 1 fully saturated rings. The largest absolute Gasteiger partial charge is 0.353 e. The van der Waals surface area contributed by atoms with Gasteiger partial charge in [0.25, 0.3) is 5.91 Å². The van der Waals surface area contributed by atoms with Gasteiger partial charge in [0.05, 0.1) is 6.61 Å². The lowest BCUT2D eigenvalue weighted by molar-refractivity contribution is -0.0630. The summed E-state index contributed by atoms with van der Waals surface area (Å²) in [6, 6.07) is 11.9. The number of nitrogens with zero attached hydrogens (tertiary/aromatic N) is 2. The SMILES string of the molecule is Cn1cccc1CN1CCC2(C1)NC(=O)c1ccccc1CO2. The van der Waals surface area contributed by atoms with Crippen molar-refractivity contribution < 1.29 is 9.53 Å². The summed E-state index contributed by atoms with van der Waals surface area (Å²) in [7, 11) is 2.06. The second-order valence-corrected chi connectivity index (χ2v) is 6.47. The summed E-state index contributed by atoms with van der Waals surface area (Å²) in [6.07, 6.45) is 2.87. The van der Waals surface area contributed by atoms with Crippen LogP contribution in [-0.2, 0) is 24.9 Å². The Morgan fingerprint density at radius 1 is 1.26 bits per heavy atom. The quantitative estimate of drug-likeness (QED) is 0.921. The van der Waals surface area contributed by atoms with Gasteiger partial charge in [0.1, 0.15) is 0 Å². The van der Waals surface area contributed by atoms with Gasteiger partial charge in [-0.15, -0.1) is 0 Å². The smallest absolute Gasteiger partial charge is 0.253 e. The molecule has 1 atom stereocenters.